The maximum Gasteiger partial charge on any atom is 0.144 e. The normalized spacial score (nSPS) is 10.8. The molecule has 2 aromatic rings. The summed E-state index contributed by atoms with van der Waals surface area (Å²) in [6.07, 6.45) is 1.65. The summed E-state index contributed by atoms with van der Waals surface area (Å²) in [5, 5.41) is 9.15. The van der Waals surface area contributed by atoms with Gasteiger partial charge in [-0.25, -0.2) is 4.98 Å². The van der Waals surface area contributed by atoms with Crippen LogP contribution in [-0.4, -0.2) is 15.9 Å². The van der Waals surface area contributed by atoms with Gasteiger partial charge in [0.25, 0.3) is 0 Å². The summed E-state index contributed by atoms with van der Waals surface area (Å²) in [6, 6.07) is 14.2. The fourth-order valence-corrected chi connectivity index (χ4v) is 2.20. The van der Waals surface area contributed by atoms with E-state index in [4.69, 9.17) is 11.0 Å². The van der Waals surface area contributed by atoms with Gasteiger partial charge >= 0.3 is 0 Å². The van der Waals surface area contributed by atoms with Gasteiger partial charge in [-0.15, -0.1) is 0 Å². The van der Waals surface area contributed by atoms with Gasteiger partial charge in [0.15, 0.2) is 0 Å². The Balaban J connectivity index is 2.21. The third kappa shape index (κ3) is 3.80. The van der Waals surface area contributed by atoms with E-state index in [1.54, 1.807) is 6.20 Å². The van der Waals surface area contributed by atoms with Crippen LogP contribution < -0.4 is 5.73 Å². The minimum atomic E-state index is 0.344. The third-order valence-corrected chi connectivity index (χ3v) is 3.53. The van der Waals surface area contributed by atoms with Gasteiger partial charge in [-0.3, -0.25) is 4.90 Å². The number of nitrogen functional groups attached to an aromatic ring is 1. The average Bonchev–Trinajstić information content (AvgIpc) is 2.49. The molecule has 2 N–H and O–H groups in total. The molecule has 0 bridgehead atoms. The molecule has 21 heavy (non-hydrogen) atoms. The van der Waals surface area contributed by atoms with Crippen LogP contribution in [0.15, 0.2) is 42.6 Å². The van der Waals surface area contributed by atoms with Crippen molar-refractivity contribution >= 4 is 5.69 Å². The van der Waals surface area contributed by atoms with Gasteiger partial charge in [0.1, 0.15) is 11.8 Å². The Bertz CT molecular complexity index is 643. The van der Waals surface area contributed by atoms with Gasteiger partial charge in [0.2, 0.25) is 0 Å². The van der Waals surface area contributed by atoms with Crippen molar-refractivity contribution in [3.05, 3.63) is 59.4 Å². The van der Waals surface area contributed by atoms with Crippen LogP contribution in [0.1, 0.15) is 30.7 Å². The fraction of sp³-hybridized carbons (Fsp3) is 0.294. The van der Waals surface area contributed by atoms with E-state index >= 15 is 0 Å². The number of nitrogens with two attached hydrogens (primary N) is 1. The number of hydrogen-bond donors (Lipinski definition) is 1. The number of nitrogens with zero attached hydrogens (tertiary/aromatic N) is 3. The zero-order valence-electron chi connectivity index (χ0n) is 12.5. The van der Waals surface area contributed by atoms with Crippen molar-refractivity contribution in [2.24, 2.45) is 0 Å². The molecule has 4 heteroatoms. The smallest absolute Gasteiger partial charge is 0.144 e. The molecule has 0 aliphatic rings. The first-order valence-corrected chi connectivity index (χ1v) is 7.03. The van der Waals surface area contributed by atoms with E-state index in [1.807, 2.05) is 36.4 Å². The highest BCUT2D eigenvalue weighted by Crippen LogP contribution is 2.18. The van der Waals surface area contributed by atoms with Crippen LogP contribution in [0, 0.1) is 11.3 Å². The quantitative estimate of drug-likeness (QED) is 0.855. The summed E-state index contributed by atoms with van der Waals surface area (Å²) in [5.74, 6) is 0. The van der Waals surface area contributed by atoms with Crippen LogP contribution in [0.2, 0.25) is 0 Å². The Kier molecular flexibility index (Phi) is 4.91. The largest absolute Gasteiger partial charge is 0.398 e. The minimum Gasteiger partial charge on any atom is -0.398 e. The number of hydrogen-bond acceptors (Lipinski definition) is 4. The Morgan fingerprint density at radius 3 is 2.48 bits per heavy atom. The van der Waals surface area contributed by atoms with Crippen LogP contribution in [0.3, 0.4) is 0 Å². The molecule has 108 valence electrons. The van der Waals surface area contributed by atoms with Crippen molar-refractivity contribution in [3.63, 3.8) is 0 Å². The summed E-state index contributed by atoms with van der Waals surface area (Å²) in [6.45, 7) is 5.72. The maximum absolute atomic E-state index is 9.15. The third-order valence-electron chi connectivity index (χ3n) is 3.53. The zero-order valence-corrected chi connectivity index (χ0v) is 12.5. The van der Waals surface area contributed by atoms with E-state index in [0.717, 1.165) is 23.4 Å². The van der Waals surface area contributed by atoms with E-state index in [0.29, 0.717) is 18.3 Å². The minimum absolute atomic E-state index is 0.344. The summed E-state index contributed by atoms with van der Waals surface area (Å²) < 4.78 is 0. The maximum atomic E-state index is 9.15. The predicted octanol–water partition coefficient (Wildman–Crippen LogP) is 2.95. The highest BCUT2D eigenvalue weighted by Gasteiger charge is 2.14. The lowest BCUT2D eigenvalue weighted by Crippen LogP contribution is -2.30. The fourth-order valence-electron chi connectivity index (χ4n) is 2.20. The summed E-state index contributed by atoms with van der Waals surface area (Å²) in [5.41, 5.74) is 9.37. The average molecular weight is 280 g/mol. The van der Waals surface area contributed by atoms with Crippen LogP contribution in [0.25, 0.3) is 0 Å². The predicted molar refractivity (Wildman–Crippen MR) is 84.2 cm³/mol. The number of anilines is 1. The zero-order chi connectivity index (χ0) is 15.2. The SMILES string of the molecule is CC(C)N(Cc1ccccc1N)Cc1cccnc1C#N. The lowest BCUT2D eigenvalue weighted by atomic mass is 10.1. The van der Waals surface area contributed by atoms with Crippen LogP contribution in [0.4, 0.5) is 5.69 Å². The molecule has 0 radical (unpaired) electrons. The molecule has 0 aliphatic carbocycles. The van der Waals surface area contributed by atoms with Crippen LogP contribution in [0.5, 0.6) is 0 Å². The lowest BCUT2D eigenvalue weighted by molar-refractivity contribution is 0.203. The summed E-state index contributed by atoms with van der Waals surface area (Å²) >= 11 is 0. The molecule has 2 rings (SSSR count). The van der Waals surface area contributed by atoms with E-state index in [9.17, 15) is 0 Å². The highest BCUT2D eigenvalue weighted by molar-refractivity contribution is 5.46. The first-order valence-electron chi connectivity index (χ1n) is 7.03. The van der Waals surface area contributed by atoms with Crippen molar-refractivity contribution in [2.75, 3.05) is 5.73 Å². The van der Waals surface area contributed by atoms with E-state index in [1.165, 1.54) is 0 Å². The number of para-hydroxylation sites is 1. The highest BCUT2D eigenvalue weighted by atomic mass is 15.1. The van der Waals surface area contributed by atoms with Crippen LogP contribution >= 0.6 is 0 Å². The van der Waals surface area contributed by atoms with Gasteiger partial charge in [-0.2, -0.15) is 5.26 Å². The molecule has 1 aromatic carbocycles. The Morgan fingerprint density at radius 1 is 1.14 bits per heavy atom. The van der Waals surface area contributed by atoms with Gasteiger partial charge in [-0.05, 0) is 31.5 Å². The van der Waals surface area contributed by atoms with Crippen molar-refractivity contribution < 1.29 is 0 Å². The number of pyridine rings is 1. The molecular weight excluding hydrogens is 260 g/mol. The molecule has 1 aromatic heterocycles. The second kappa shape index (κ2) is 6.87. The van der Waals surface area contributed by atoms with Gasteiger partial charge in [0, 0.05) is 36.6 Å². The molecule has 0 fully saturated rings. The van der Waals surface area contributed by atoms with Gasteiger partial charge < -0.3 is 5.73 Å². The molecule has 0 aliphatic heterocycles. The molecule has 0 atom stereocenters. The van der Waals surface area contributed by atoms with Gasteiger partial charge in [-0.1, -0.05) is 24.3 Å². The Hall–Kier alpha value is -2.38. The number of aromatic nitrogens is 1. The molecule has 0 spiro atoms. The second-order valence-corrected chi connectivity index (χ2v) is 5.32. The topological polar surface area (TPSA) is 65.9 Å². The Labute approximate surface area is 125 Å². The monoisotopic (exact) mass is 280 g/mol. The number of nitriles is 1. The van der Waals surface area contributed by atoms with Crippen molar-refractivity contribution in [2.45, 2.75) is 33.0 Å². The van der Waals surface area contributed by atoms with E-state index in [-0.39, 0.29) is 0 Å². The molecule has 1 heterocycles. The molecule has 0 saturated carbocycles. The number of rotatable bonds is 5. The van der Waals surface area contributed by atoms with Gasteiger partial charge in [0.05, 0.1) is 0 Å². The van der Waals surface area contributed by atoms with Crippen molar-refractivity contribution in [3.8, 4) is 6.07 Å². The Morgan fingerprint density at radius 2 is 1.81 bits per heavy atom. The molecule has 0 unspecified atom stereocenters. The van der Waals surface area contributed by atoms with E-state index < -0.39 is 0 Å². The molecule has 0 amide bonds. The summed E-state index contributed by atoms with van der Waals surface area (Å²) in [7, 11) is 0. The first kappa shape index (κ1) is 15.0. The molecule has 0 saturated heterocycles. The number of benzene rings is 1. The first-order chi connectivity index (χ1) is 10.1. The van der Waals surface area contributed by atoms with Crippen LogP contribution in [-0.2, 0) is 13.1 Å². The summed E-state index contributed by atoms with van der Waals surface area (Å²) in [4.78, 5) is 6.40. The van der Waals surface area contributed by atoms with Crippen molar-refractivity contribution in [1.29, 1.82) is 5.26 Å². The van der Waals surface area contributed by atoms with E-state index in [2.05, 4.69) is 29.8 Å². The molecular formula is C17H20N4. The standard InChI is InChI=1S/C17H20N4/c1-13(2)21(11-14-6-3-4-8-16(14)19)12-15-7-5-9-20-17(15)10-18/h3-9,13H,11-12,19H2,1-2H3. The van der Waals surface area contributed by atoms with Crippen molar-refractivity contribution in [1.82, 2.24) is 9.88 Å². The lowest BCUT2D eigenvalue weighted by Gasteiger charge is -2.27. The molecule has 4 nitrogen and oxygen atoms in total. The second-order valence-electron chi connectivity index (χ2n) is 5.32.